The molecule has 3 nitrogen and oxygen atoms in total. The van der Waals surface area contributed by atoms with Crippen LogP contribution < -0.4 is 4.72 Å². The maximum absolute atomic E-state index is 11.7. The number of halogens is 1. The van der Waals surface area contributed by atoms with Gasteiger partial charge in [-0.05, 0) is 17.4 Å². The van der Waals surface area contributed by atoms with Crippen LogP contribution in [0, 0.1) is 5.92 Å². The normalized spacial score (nSPS) is 14.4. The van der Waals surface area contributed by atoms with Gasteiger partial charge in [-0.15, -0.1) is 11.3 Å². The van der Waals surface area contributed by atoms with Crippen LogP contribution in [0.1, 0.15) is 13.8 Å². The first kappa shape index (κ1) is 13.2. The van der Waals surface area contributed by atoms with Crippen LogP contribution in [0.25, 0.3) is 0 Å². The molecule has 0 saturated heterocycles. The highest BCUT2D eigenvalue weighted by molar-refractivity contribution is 9.09. The largest absolute Gasteiger partial charge is 0.250 e. The average molecular weight is 312 g/mol. The average Bonchev–Trinajstić information content (AvgIpc) is 2.67. The molecule has 1 unspecified atom stereocenters. The molecule has 1 rings (SSSR count). The van der Waals surface area contributed by atoms with Crippen molar-refractivity contribution in [3.63, 3.8) is 0 Å². The summed E-state index contributed by atoms with van der Waals surface area (Å²) in [6.45, 7) is 4.50. The van der Waals surface area contributed by atoms with Crippen molar-refractivity contribution in [3.05, 3.63) is 17.5 Å². The van der Waals surface area contributed by atoms with Crippen molar-refractivity contribution in [2.45, 2.75) is 22.9 Å². The Labute approximate surface area is 103 Å². The summed E-state index contributed by atoms with van der Waals surface area (Å²) in [4.78, 5) is 0.159. The van der Waals surface area contributed by atoms with E-state index in [9.17, 15) is 8.42 Å². The highest BCUT2D eigenvalue weighted by Gasteiger charge is 2.17. The fourth-order valence-electron chi connectivity index (χ4n) is 0.913. The molecule has 0 aromatic carbocycles. The Balaban J connectivity index is 2.59. The summed E-state index contributed by atoms with van der Waals surface area (Å²) in [7, 11) is -3.31. The number of hydrogen-bond donors (Lipinski definition) is 1. The molecule has 0 amide bonds. The maximum atomic E-state index is 11.7. The standard InChI is InChI=1S/C9H14BrNO2S2/c1-7(2)8(10)6-11-15(12,13)9-4-3-5-14-9/h3-5,7-8,11H,6H2,1-2H3. The van der Waals surface area contributed by atoms with Crippen LogP contribution in [-0.4, -0.2) is 19.8 Å². The summed E-state index contributed by atoms with van der Waals surface area (Å²) in [5.74, 6) is 0.399. The second-order valence-corrected chi connectivity index (χ2v) is 7.66. The molecule has 1 N–H and O–H groups in total. The Kier molecular flexibility index (Phi) is 4.76. The number of alkyl halides is 1. The van der Waals surface area contributed by atoms with E-state index in [1.165, 1.54) is 11.3 Å². The van der Waals surface area contributed by atoms with Crippen LogP contribution in [0.2, 0.25) is 0 Å². The van der Waals surface area contributed by atoms with Crippen molar-refractivity contribution in [2.24, 2.45) is 5.92 Å². The van der Waals surface area contributed by atoms with E-state index in [1.807, 2.05) is 13.8 Å². The minimum Gasteiger partial charge on any atom is -0.209 e. The van der Waals surface area contributed by atoms with E-state index in [4.69, 9.17) is 0 Å². The van der Waals surface area contributed by atoms with E-state index in [1.54, 1.807) is 17.5 Å². The van der Waals surface area contributed by atoms with E-state index < -0.39 is 10.0 Å². The quantitative estimate of drug-likeness (QED) is 0.849. The van der Waals surface area contributed by atoms with Crippen molar-refractivity contribution >= 4 is 37.3 Å². The second kappa shape index (κ2) is 5.43. The highest BCUT2D eigenvalue weighted by Crippen LogP contribution is 2.16. The summed E-state index contributed by atoms with van der Waals surface area (Å²) < 4.78 is 26.3. The van der Waals surface area contributed by atoms with Crippen molar-refractivity contribution in [1.82, 2.24) is 4.72 Å². The monoisotopic (exact) mass is 311 g/mol. The lowest BCUT2D eigenvalue weighted by atomic mass is 10.1. The third-order valence-electron chi connectivity index (χ3n) is 1.95. The number of thiophene rings is 1. The first-order valence-corrected chi connectivity index (χ1v) is 7.88. The predicted molar refractivity (Wildman–Crippen MR) is 67.1 cm³/mol. The molecule has 1 atom stereocenters. The van der Waals surface area contributed by atoms with Gasteiger partial charge in [0.15, 0.2) is 0 Å². The summed E-state index contributed by atoms with van der Waals surface area (Å²) in [6.07, 6.45) is 0. The van der Waals surface area contributed by atoms with Gasteiger partial charge in [-0.2, -0.15) is 0 Å². The maximum Gasteiger partial charge on any atom is 0.250 e. The van der Waals surface area contributed by atoms with Crippen molar-refractivity contribution in [2.75, 3.05) is 6.54 Å². The lowest BCUT2D eigenvalue weighted by Crippen LogP contribution is -2.31. The third kappa shape index (κ3) is 3.86. The van der Waals surface area contributed by atoms with E-state index in [0.29, 0.717) is 16.7 Å². The summed E-state index contributed by atoms with van der Waals surface area (Å²) in [5.41, 5.74) is 0. The molecule has 1 aromatic heterocycles. The first-order valence-electron chi connectivity index (χ1n) is 4.60. The number of rotatable bonds is 5. The molecule has 6 heteroatoms. The molecule has 86 valence electrons. The van der Waals surface area contributed by atoms with Crippen molar-refractivity contribution < 1.29 is 8.42 Å². The van der Waals surface area contributed by atoms with E-state index in [2.05, 4.69) is 20.7 Å². The van der Waals surface area contributed by atoms with Gasteiger partial charge in [0.05, 0.1) is 0 Å². The van der Waals surface area contributed by atoms with E-state index in [-0.39, 0.29) is 4.83 Å². The molecule has 15 heavy (non-hydrogen) atoms. The van der Waals surface area contributed by atoms with Crippen molar-refractivity contribution in [1.29, 1.82) is 0 Å². The first-order chi connectivity index (χ1) is 6.93. The summed E-state index contributed by atoms with van der Waals surface area (Å²) >= 11 is 4.66. The Hall–Kier alpha value is 0.0900. The van der Waals surface area contributed by atoms with E-state index >= 15 is 0 Å². The lowest BCUT2D eigenvalue weighted by Gasteiger charge is -2.13. The molecular formula is C9H14BrNO2S2. The van der Waals surface area contributed by atoms with Gasteiger partial charge in [-0.25, -0.2) is 13.1 Å². The molecule has 0 spiro atoms. The Morgan fingerprint density at radius 1 is 1.53 bits per heavy atom. The SMILES string of the molecule is CC(C)C(Br)CNS(=O)(=O)c1cccs1. The lowest BCUT2D eigenvalue weighted by molar-refractivity contribution is 0.564. The van der Waals surface area contributed by atoms with Crippen LogP contribution in [0.5, 0.6) is 0 Å². The fourth-order valence-corrected chi connectivity index (χ4v) is 3.39. The highest BCUT2D eigenvalue weighted by atomic mass is 79.9. The molecule has 1 aromatic rings. The second-order valence-electron chi connectivity index (χ2n) is 3.54. The Morgan fingerprint density at radius 2 is 2.20 bits per heavy atom. The molecular weight excluding hydrogens is 298 g/mol. The molecule has 0 bridgehead atoms. The van der Waals surface area contributed by atoms with Crippen LogP contribution in [0.4, 0.5) is 0 Å². The summed E-state index contributed by atoms with van der Waals surface area (Å²) in [6, 6.07) is 3.33. The van der Waals surface area contributed by atoms with Crippen LogP contribution >= 0.6 is 27.3 Å². The van der Waals surface area contributed by atoms with Gasteiger partial charge < -0.3 is 0 Å². The topological polar surface area (TPSA) is 46.2 Å². The molecule has 0 aliphatic carbocycles. The van der Waals surface area contributed by atoms with Gasteiger partial charge in [0, 0.05) is 11.4 Å². The fraction of sp³-hybridized carbons (Fsp3) is 0.556. The van der Waals surface area contributed by atoms with Gasteiger partial charge in [-0.1, -0.05) is 35.8 Å². The van der Waals surface area contributed by atoms with Crippen molar-refractivity contribution in [3.8, 4) is 0 Å². The number of hydrogen-bond acceptors (Lipinski definition) is 3. The smallest absolute Gasteiger partial charge is 0.209 e. The summed E-state index contributed by atoms with van der Waals surface area (Å²) in [5, 5.41) is 1.75. The number of sulfonamides is 1. The zero-order valence-electron chi connectivity index (χ0n) is 8.60. The minimum atomic E-state index is -3.31. The zero-order chi connectivity index (χ0) is 11.5. The molecule has 0 aliphatic heterocycles. The minimum absolute atomic E-state index is 0.159. The van der Waals surface area contributed by atoms with Gasteiger partial charge in [-0.3, -0.25) is 0 Å². The molecule has 0 radical (unpaired) electrons. The Bertz CT molecular complexity index is 386. The zero-order valence-corrected chi connectivity index (χ0v) is 11.8. The Morgan fingerprint density at radius 3 is 2.67 bits per heavy atom. The predicted octanol–water partition coefficient (Wildman–Crippen LogP) is 2.45. The van der Waals surface area contributed by atoms with Gasteiger partial charge >= 0.3 is 0 Å². The van der Waals surface area contributed by atoms with Crippen LogP contribution in [-0.2, 0) is 10.0 Å². The molecule has 0 fully saturated rings. The number of nitrogens with one attached hydrogen (secondary N) is 1. The molecule has 0 aliphatic rings. The van der Waals surface area contributed by atoms with Crippen LogP contribution in [0.15, 0.2) is 21.7 Å². The van der Waals surface area contributed by atoms with Gasteiger partial charge in [0.25, 0.3) is 0 Å². The van der Waals surface area contributed by atoms with Gasteiger partial charge in [0.2, 0.25) is 10.0 Å². The van der Waals surface area contributed by atoms with E-state index in [0.717, 1.165) is 0 Å². The van der Waals surface area contributed by atoms with Crippen LogP contribution in [0.3, 0.4) is 0 Å². The molecule has 1 heterocycles. The third-order valence-corrected chi connectivity index (χ3v) is 6.15. The molecule has 0 saturated carbocycles. The van der Waals surface area contributed by atoms with Gasteiger partial charge in [0.1, 0.15) is 4.21 Å².